The van der Waals surface area contributed by atoms with Gasteiger partial charge in [0.05, 0.1) is 30.5 Å². The van der Waals surface area contributed by atoms with Crippen LogP contribution >= 0.6 is 11.3 Å². The molecule has 0 saturated carbocycles. The summed E-state index contributed by atoms with van der Waals surface area (Å²) < 4.78 is 17.0. The number of carbonyl (C=O) groups excluding carboxylic acids is 3. The molecule has 1 N–H and O–H groups in total. The average Bonchev–Trinajstić information content (AvgIpc) is 3.49. The second-order valence-electron chi connectivity index (χ2n) is 9.17. The van der Waals surface area contributed by atoms with E-state index in [1.54, 1.807) is 55.5 Å². The number of rotatable bonds is 12. The summed E-state index contributed by atoms with van der Waals surface area (Å²) in [6.45, 7) is 9.96. The molecular formula is C31H32N2O7S. The third-order valence-corrected chi connectivity index (χ3v) is 7.48. The predicted octanol–water partition coefficient (Wildman–Crippen LogP) is 6.00. The van der Waals surface area contributed by atoms with Gasteiger partial charge < -0.3 is 19.3 Å². The Labute approximate surface area is 242 Å². The van der Waals surface area contributed by atoms with Gasteiger partial charge in [-0.2, -0.15) is 0 Å². The molecule has 4 rings (SSSR count). The number of hydrogen-bond acceptors (Lipinski definition) is 9. The van der Waals surface area contributed by atoms with E-state index in [9.17, 15) is 19.5 Å². The van der Waals surface area contributed by atoms with Gasteiger partial charge in [0.2, 0.25) is 0 Å². The number of anilines is 1. The number of Topliss-reactive ketones (excluding diaryl/α,β-unsaturated/α-hetero) is 1. The summed E-state index contributed by atoms with van der Waals surface area (Å²) in [6, 6.07) is 12.6. The number of unbranched alkanes of at least 4 members (excludes halogenated alkanes) is 1. The number of nitrogens with zero attached hydrogens (tertiary/aromatic N) is 2. The van der Waals surface area contributed by atoms with E-state index in [4.69, 9.17) is 14.2 Å². The number of carbonyl (C=O) groups is 3. The quantitative estimate of drug-likeness (QED) is 0.0697. The Morgan fingerprint density at radius 1 is 1.12 bits per heavy atom. The number of hydrogen-bond donors (Lipinski definition) is 1. The fraction of sp³-hybridized carbons (Fsp3) is 0.290. The van der Waals surface area contributed by atoms with Gasteiger partial charge >= 0.3 is 11.9 Å². The standard InChI is InChI=1S/C31H32N2O7S/c1-5-8-17-39-22-15-14-21(18-23(22)38-7-3)25-24(26(34)20-12-10-9-11-13-20)27(35)29(36)33(25)31-32-19(4)28(41-31)30(37)40-16-6-2/h6,9-15,18,25,34H,2,5,7-8,16-17H2,1,3-4H3. The highest BCUT2D eigenvalue weighted by molar-refractivity contribution is 7.17. The average molecular weight is 577 g/mol. The molecule has 0 bridgehead atoms. The highest BCUT2D eigenvalue weighted by Gasteiger charge is 2.48. The van der Waals surface area contributed by atoms with Crippen LogP contribution in [0.25, 0.3) is 5.76 Å². The number of aliphatic hydroxyl groups is 1. The van der Waals surface area contributed by atoms with Crippen molar-refractivity contribution in [1.82, 2.24) is 4.98 Å². The van der Waals surface area contributed by atoms with Gasteiger partial charge in [0.25, 0.3) is 5.78 Å². The van der Waals surface area contributed by atoms with E-state index >= 15 is 0 Å². The van der Waals surface area contributed by atoms with E-state index in [0.29, 0.717) is 41.5 Å². The van der Waals surface area contributed by atoms with Crippen molar-refractivity contribution < 1.29 is 33.7 Å². The maximum atomic E-state index is 13.6. The Hall–Kier alpha value is -4.44. The van der Waals surface area contributed by atoms with Crippen molar-refractivity contribution >= 4 is 39.9 Å². The zero-order valence-electron chi connectivity index (χ0n) is 23.2. The largest absolute Gasteiger partial charge is 0.507 e. The van der Waals surface area contributed by atoms with Crippen LogP contribution in [0.15, 0.2) is 66.8 Å². The molecule has 3 aromatic rings. The van der Waals surface area contributed by atoms with Gasteiger partial charge in [0.1, 0.15) is 17.2 Å². The number of thiazole rings is 1. The van der Waals surface area contributed by atoms with Gasteiger partial charge in [-0.3, -0.25) is 14.5 Å². The summed E-state index contributed by atoms with van der Waals surface area (Å²) in [4.78, 5) is 45.6. The van der Waals surface area contributed by atoms with Crippen molar-refractivity contribution in [3.63, 3.8) is 0 Å². The second kappa shape index (κ2) is 13.3. The Morgan fingerprint density at radius 2 is 1.88 bits per heavy atom. The van der Waals surface area contributed by atoms with Gasteiger partial charge in [0.15, 0.2) is 16.6 Å². The molecule has 10 heteroatoms. The molecule has 2 heterocycles. The minimum Gasteiger partial charge on any atom is -0.507 e. The van der Waals surface area contributed by atoms with Crippen molar-refractivity contribution in [1.29, 1.82) is 0 Å². The molecule has 0 radical (unpaired) electrons. The van der Waals surface area contributed by atoms with Gasteiger partial charge in [0, 0.05) is 5.56 Å². The molecule has 1 aliphatic heterocycles. The van der Waals surface area contributed by atoms with Crippen molar-refractivity contribution in [2.24, 2.45) is 0 Å². The lowest BCUT2D eigenvalue weighted by molar-refractivity contribution is -0.132. The van der Waals surface area contributed by atoms with Gasteiger partial charge in [-0.1, -0.05) is 73.7 Å². The maximum absolute atomic E-state index is 13.6. The van der Waals surface area contributed by atoms with Crippen LogP contribution in [0.3, 0.4) is 0 Å². The van der Waals surface area contributed by atoms with Crippen LogP contribution in [-0.4, -0.2) is 47.6 Å². The number of ketones is 1. The first kappa shape index (κ1) is 29.5. The van der Waals surface area contributed by atoms with Crippen molar-refractivity contribution in [2.45, 2.75) is 39.7 Å². The van der Waals surface area contributed by atoms with E-state index in [1.807, 2.05) is 6.92 Å². The minimum absolute atomic E-state index is 0.0139. The Morgan fingerprint density at radius 3 is 2.56 bits per heavy atom. The molecule has 1 amide bonds. The third-order valence-electron chi connectivity index (χ3n) is 6.34. The van der Waals surface area contributed by atoms with Crippen LogP contribution in [-0.2, 0) is 14.3 Å². The van der Waals surface area contributed by atoms with Crippen LogP contribution < -0.4 is 14.4 Å². The van der Waals surface area contributed by atoms with Gasteiger partial charge in [-0.05, 0) is 38.0 Å². The molecule has 1 atom stereocenters. The van der Waals surface area contributed by atoms with E-state index in [1.165, 1.54) is 11.0 Å². The summed E-state index contributed by atoms with van der Waals surface area (Å²) in [5, 5.41) is 11.5. The smallest absolute Gasteiger partial charge is 0.350 e. The summed E-state index contributed by atoms with van der Waals surface area (Å²) in [6.07, 6.45) is 3.28. The normalized spacial score (nSPS) is 16.1. The molecule has 0 spiro atoms. The number of amides is 1. The van der Waals surface area contributed by atoms with E-state index in [2.05, 4.69) is 18.5 Å². The van der Waals surface area contributed by atoms with Crippen LogP contribution in [0.1, 0.15) is 59.2 Å². The van der Waals surface area contributed by atoms with E-state index in [-0.39, 0.29) is 27.9 Å². The molecule has 1 unspecified atom stereocenters. The van der Waals surface area contributed by atoms with Crippen LogP contribution in [0.5, 0.6) is 11.5 Å². The second-order valence-corrected chi connectivity index (χ2v) is 10.2. The van der Waals surface area contributed by atoms with Crippen molar-refractivity contribution in [3.05, 3.63) is 88.5 Å². The number of ether oxygens (including phenoxy) is 3. The Kier molecular flexibility index (Phi) is 9.57. The molecule has 214 valence electrons. The summed E-state index contributed by atoms with van der Waals surface area (Å²) >= 11 is 0.933. The maximum Gasteiger partial charge on any atom is 0.350 e. The Balaban J connectivity index is 1.88. The highest BCUT2D eigenvalue weighted by atomic mass is 32.1. The fourth-order valence-electron chi connectivity index (χ4n) is 4.38. The third kappa shape index (κ3) is 6.17. The molecule has 9 nitrogen and oxygen atoms in total. The molecule has 1 fully saturated rings. The minimum atomic E-state index is -1.05. The molecular weight excluding hydrogens is 544 g/mol. The zero-order chi connectivity index (χ0) is 29.5. The molecule has 1 saturated heterocycles. The molecule has 1 aliphatic rings. The number of benzene rings is 2. The SMILES string of the molecule is C=CCOC(=O)c1sc(N2C(=O)C(=O)C(=C(O)c3ccccc3)C2c2ccc(OCCCC)c(OCC)c2)nc1C. The number of aryl methyl sites for hydroxylation is 1. The lowest BCUT2D eigenvalue weighted by atomic mass is 9.95. The van der Waals surface area contributed by atoms with E-state index < -0.39 is 23.7 Å². The lowest BCUT2D eigenvalue weighted by Gasteiger charge is -2.24. The van der Waals surface area contributed by atoms with E-state index in [0.717, 1.165) is 24.2 Å². The summed E-state index contributed by atoms with van der Waals surface area (Å²) in [5.74, 6) is -1.72. The summed E-state index contributed by atoms with van der Waals surface area (Å²) in [7, 11) is 0. The topological polar surface area (TPSA) is 115 Å². The molecule has 1 aromatic heterocycles. The molecule has 0 aliphatic carbocycles. The van der Waals surface area contributed by atoms with Gasteiger partial charge in [-0.25, -0.2) is 9.78 Å². The number of aromatic nitrogens is 1. The molecule has 41 heavy (non-hydrogen) atoms. The van der Waals surface area contributed by atoms with Crippen LogP contribution in [0.2, 0.25) is 0 Å². The number of esters is 1. The van der Waals surface area contributed by atoms with Gasteiger partial charge in [-0.15, -0.1) is 0 Å². The zero-order valence-corrected chi connectivity index (χ0v) is 24.0. The predicted molar refractivity (Wildman–Crippen MR) is 157 cm³/mol. The fourth-order valence-corrected chi connectivity index (χ4v) is 5.37. The molecule has 2 aromatic carbocycles. The first-order valence-electron chi connectivity index (χ1n) is 13.3. The Bertz CT molecular complexity index is 1480. The highest BCUT2D eigenvalue weighted by Crippen LogP contribution is 2.45. The first-order chi connectivity index (χ1) is 19.8. The van der Waals surface area contributed by atoms with Crippen molar-refractivity contribution in [3.8, 4) is 11.5 Å². The van der Waals surface area contributed by atoms with Crippen LogP contribution in [0, 0.1) is 6.92 Å². The van der Waals surface area contributed by atoms with Crippen molar-refractivity contribution in [2.75, 3.05) is 24.7 Å². The first-order valence-corrected chi connectivity index (χ1v) is 14.1. The van der Waals surface area contributed by atoms with Crippen LogP contribution in [0.4, 0.5) is 5.13 Å². The monoisotopic (exact) mass is 576 g/mol. The lowest BCUT2D eigenvalue weighted by Crippen LogP contribution is -2.29. The summed E-state index contributed by atoms with van der Waals surface area (Å²) in [5.41, 5.74) is 1.12. The number of aliphatic hydroxyl groups excluding tert-OH is 1.